The Morgan fingerprint density at radius 1 is 1.13 bits per heavy atom. The number of thiazole rings is 1. The average molecular weight is 684 g/mol. The lowest BCUT2D eigenvalue weighted by molar-refractivity contribution is -0.122. The zero-order valence-corrected chi connectivity index (χ0v) is 28.6. The number of fused-ring (bicyclic) bond motifs is 1. The third-order valence-electron chi connectivity index (χ3n) is 7.10. The number of pyridine rings is 1. The number of ether oxygens (including phenoxy) is 4. The van der Waals surface area contributed by atoms with Crippen LogP contribution in [0, 0.1) is 5.92 Å². The molecular weight excluding hydrogens is 644 g/mol. The molecule has 4 rings (SSSR count). The summed E-state index contributed by atoms with van der Waals surface area (Å²) in [5.41, 5.74) is -3.36. The summed E-state index contributed by atoms with van der Waals surface area (Å²) in [6, 6.07) is 2.47. The van der Waals surface area contributed by atoms with Gasteiger partial charge in [0.25, 0.3) is 5.91 Å². The average Bonchev–Trinajstić information content (AvgIpc) is 3.40. The summed E-state index contributed by atoms with van der Waals surface area (Å²) in [5, 5.41) is 4.90. The smallest absolute Gasteiger partial charge is 0.426 e. The van der Waals surface area contributed by atoms with Gasteiger partial charge >= 0.3 is 18.8 Å². The van der Waals surface area contributed by atoms with Crippen molar-refractivity contribution in [1.82, 2.24) is 14.9 Å². The van der Waals surface area contributed by atoms with Gasteiger partial charge in [0, 0.05) is 17.1 Å². The third kappa shape index (κ3) is 8.50. The largest absolute Gasteiger partial charge is 0.443 e. The summed E-state index contributed by atoms with van der Waals surface area (Å²) in [4.78, 5) is 54.2. The molecule has 1 fully saturated rings. The first-order valence-electron chi connectivity index (χ1n) is 14.6. The number of aliphatic imine (C=N–C) groups is 1. The van der Waals surface area contributed by atoms with Crippen molar-refractivity contribution in [2.75, 3.05) is 17.7 Å². The van der Waals surface area contributed by atoms with E-state index in [1.54, 1.807) is 46.9 Å². The molecule has 2 aliphatic heterocycles. The number of nitrogens with zero attached hydrogens (tertiary/aromatic N) is 4. The molecular formula is C30H39F2N5O7S2. The fourth-order valence-corrected chi connectivity index (χ4v) is 6.95. The molecule has 0 aliphatic carbocycles. The van der Waals surface area contributed by atoms with Crippen LogP contribution < -0.4 is 10.1 Å². The first-order chi connectivity index (χ1) is 21.3. The standard InChI is InChI=1S/C30H39F2N5O7S2/c1-9-29(8)12-17-14-46-24(37(25(39)43-27(2,3)4)26(40)44-28(5,6)7)36-30(17,16-41-29)22-35-20(15-45-22)34-21(38)19-11-10-18(13-33-19)42-23(31)32/h10-11,13,15,17,23H,9,12,14,16H2,1-8H3,(H,34,38)/t17-,29-,30-/m0/s1. The highest BCUT2D eigenvalue weighted by Crippen LogP contribution is 2.51. The summed E-state index contributed by atoms with van der Waals surface area (Å²) in [5.74, 6) is -0.199. The first kappa shape index (κ1) is 35.5. The number of nitrogens with one attached hydrogen (secondary N) is 1. The second-order valence-electron chi connectivity index (χ2n) is 13.2. The Hall–Kier alpha value is -3.37. The molecule has 12 nitrogen and oxygen atoms in total. The lowest BCUT2D eigenvalue weighted by Gasteiger charge is -2.49. The van der Waals surface area contributed by atoms with Crippen molar-refractivity contribution in [3.05, 3.63) is 34.4 Å². The van der Waals surface area contributed by atoms with E-state index in [2.05, 4.69) is 15.0 Å². The Kier molecular flexibility index (Phi) is 10.3. The highest BCUT2D eigenvalue weighted by molar-refractivity contribution is 8.13. The number of amides is 3. The summed E-state index contributed by atoms with van der Waals surface area (Å²) in [7, 11) is 0. The van der Waals surface area contributed by atoms with Gasteiger partial charge < -0.3 is 24.3 Å². The van der Waals surface area contributed by atoms with Crippen LogP contribution in [0.3, 0.4) is 0 Å². The van der Waals surface area contributed by atoms with Crippen LogP contribution in [-0.2, 0) is 19.7 Å². The summed E-state index contributed by atoms with van der Waals surface area (Å²) >= 11 is 2.49. The zero-order chi connectivity index (χ0) is 34.1. The van der Waals surface area contributed by atoms with E-state index in [-0.39, 0.29) is 35.0 Å². The number of imide groups is 1. The molecule has 2 aliphatic rings. The summed E-state index contributed by atoms with van der Waals surface area (Å²) in [6.07, 6.45) is 0.557. The summed E-state index contributed by atoms with van der Waals surface area (Å²) in [6.45, 7) is 11.3. The fraction of sp³-hybridized carbons (Fsp3) is 0.600. The van der Waals surface area contributed by atoms with Crippen LogP contribution in [0.15, 0.2) is 28.7 Å². The zero-order valence-electron chi connectivity index (χ0n) is 27.0. The number of amidine groups is 1. The number of anilines is 1. The number of halogens is 2. The van der Waals surface area contributed by atoms with Gasteiger partial charge in [-0.2, -0.15) is 13.7 Å². The Morgan fingerprint density at radius 2 is 1.78 bits per heavy atom. The van der Waals surface area contributed by atoms with E-state index in [9.17, 15) is 23.2 Å². The van der Waals surface area contributed by atoms with E-state index in [4.69, 9.17) is 24.2 Å². The van der Waals surface area contributed by atoms with Gasteiger partial charge in [-0.1, -0.05) is 18.7 Å². The van der Waals surface area contributed by atoms with Crippen molar-refractivity contribution in [2.45, 2.75) is 97.2 Å². The molecule has 252 valence electrons. The maximum atomic E-state index is 13.4. The highest BCUT2D eigenvalue weighted by Gasteiger charge is 2.54. The fourth-order valence-electron chi connectivity index (χ4n) is 4.74. The van der Waals surface area contributed by atoms with Gasteiger partial charge in [-0.3, -0.25) is 4.79 Å². The van der Waals surface area contributed by atoms with Crippen LogP contribution in [-0.4, -0.2) is 73.9 Å². The lowest BCUT2D eigenvalue weighted by atomic mass is 9.75. The van der Waals surface area contributed by atoms with Crippen LogP contribution in [0.1, 0.15) is 83.7 Å². The minimum atomic E-state index is -3.02. The van der Waals surface area contributed by atoms with Crippen molar-refractivity contribution in [2.24, 2.45) is 10.9 Å². The van der Waals surface area contributed by atoms with Crippen LogP contribution in [0.4, 0.5) is 24.2 Å². The van der Waals surface area contributed by atoms with Crippen molar-refractivity contribution >= 4 is 52.2 Å². The van der Waals surface area contributed by atoms with Crippen molar-refractivity contribution in [3.63, 3.8) is 0 Å². The van der Waals surface area contributed by atoms with E-state index in [0.29, 0.717) is 17.2 Å². The predicted molar refractivity (Wildman–Crippen MR) is 170 cm³/mol. The molecule has 4 heterocycles. The maximum Gasteiger partial charge on any atom is 0.426 e. The normalized spacial score (nSPS) is 23.2. The van der Waals surface area contributed by atoms with Gasteiger partial charge in [-0.15, -0.1) is 11.3 Å². The van der Waals surface area contributed by atoms with Crippen LogP contribution in [0.2, 0.25) is 0 Å². The third-order valence-corrected chi connectivity index (χ3v) is 9.21. The van der Waals surface area contributed by atoms with Gasteiger partial charge in [0.1, 0.15) is 39.0 Å². The predicted octanol–water partition coefficient (Wildman–Crippen LogP) is 7.07. The number of alkyl halides is 2. The van der Waals surface area contributed by atoms with Crippen LogP contribution in [0.5, 0.6) is 5.75 Å². The van der Waals surface area contributed by atoms with Crippen molar-refractivity contribution < 1.29 is 42.1 Å². The summed E-state index contributed by atoms with van der Waals surface area (Å²) < 4.78 is 46.8. The number of carbonyl (C=O) groups is 3. The molecule has 0 aromatic carbocycles. The SMILES string of the molecule is CC[C@@]1(C)C[C@H]2CSC(N(C(=O)OC(C)(C)C)C(=O)OC(C)(C)C)=N[C@@]2(c2nc(NC(=O)c3ccc(OC(F)F)cn3)cs2)CO1. The second kappa shape index (κ2) is 13.4. The Balaban J connectivity index is 1.70. The minimum Gasteiger partial charge on any atom is -0.443 e. The van der Waals surface area contributed by atoms with E-state index in [1.165, 1.54) is 35.2 Å². The Bertz CT molecular complexity index is 1450. The highest BCUT2D eigenvalue weighted by atomic mass is 32.2. The quantitative estimate of drug-likeness (QED) is 0.336. The number of carbonyl (C=O) groups excluding carboxylic acids is 3. The second-order valence-corrected chi connectivity index (χ2v) is 15.0. The van der Waals surface area contributed by atoms with Gasteiger partial charge in [0.05, 0.1) is 18.4 Å². The molecule has 46 heavy (non-hydrogen) atoms. The molecule has 2 aromatic rings. The van der Waals surface area contributed by atoms with Gasteiger partial charge in [0.2, 0.25) is 0 Å². The van der Waals surface area contributed by atoms with Crippen LogP contribution >= 0.6 is 23.1 Å². The topological polar surface area (TPSA) is 142 Å². The minimum absolute atomic E-state index is 0.0355. The molecule has 2 aromatic heterocycles. The van der Waals surface area contributed by atoms with Crippen molar-refractivity contribution in [3.8, 4) is 5.75 Å². The molecule has 3 amide bonds. The van der Waals surface area contributed by atoms with E-state index < -0.39 is 47.0 Å². The molecule has 0 unspecified atom stereocenters. The van der Waals surface area contributed by atoms with Crippen molar-refractivity contribution in [1.29, 1.82) is 0 Å². The monoisotopic (exact) mass is 683 g/mol. The number of aromatic nitrogens is 2. The molecule has 0 radical (unpaired) electrons. The number of rotatable bonds is 6. The Morgan fingerprint density at radius 3 is 2.33 bits per heavy atom. The van der Waals surface area contributed by atoms with E-state index >= 15 is 0 Å². The number of hydrogen-bond acceptors (Lipinski definition) is 12. The molecule has 3 atom stereocenters. The molecule has 16 heteroatoms. The molecule has 0 spiro atoms. The number of thioether (sulfide) groups is 1. The van der Waals surface area contributed by atoms with Gasteiger partial charge in [-0.05, 0) is 73.4 Å². The lowest BCUT2D eigenvalue weighted by Crippen LogP contribution is -2.55. The maximum absolute atomic E-state index is 13.4. The number of hydrogen-bond donors (Lipinski definition) is 1. The van der Waals surface area contributed by atoms with E-state index in [1.807, 2.05) is 13.8 Å². The van der Waals surface area contributed by atoms with Gasteiger partial charge in [0.15, 0.2) is 5.17 Å². The molecule has 1 N–H and O–H groups in total. The van der Waals surface area contributed by atoms with Gasteiger partial charge in [-0.25, -0.2) is 24.5 Å². The molecule has 1 saturated heterocycles. The molecule has 0 bridgehead atoms. The van der Waals surface area contributed by atoms with E-state index in [0.717, 1.165) is 17.5 Å². The first-order valence-corrected chi connectivity index (χ1v) is 16.5. The van der Waals surface area contributed by atoms with Crippen LogP contribution in [0.25, 0.3) is 0 Å². The Labute approximate surface area is 274 Å². The molecule has 0 saturated carbocycles.